The van der Waals surface area contributed by atoms with E-state index in [1.54, 1.807) is 0 Å². The van der Waals surface area contributed by atoms with Gasteiger partial charge in [-0.15, -0.1) is 0 Å². The molecule has 0 saturated heterocycles. The van der Waals surface area contributed by atoms with Gasteiger partial charge < -0.3 is 15.2 Å². The van der Waals surface area contributed by atoms with E-state index in [9.17, 15) is 14.7 Å². The van der Waals surface area contributed by atoms with Crippen molar-refractivity contribution in [1.82, 2.24) is 5.32 Å². The maximum atomic E-state index is 13.7. The minimum absolute atomic E-state index is 0.0199. The maximum Gasteiger partial charge on any atom is 0.309 e. The Balaban J connectivity index is 1.49. The number of esters is 1. The van der Waals surface area contributed by atoms with Crippen molar-refractivity contribution in [3.8, 4) is 0 Å². The van der Waals surface area contributed by atoms with Gasteiger partial charge in [-0.2, -0.15) is 0 Å². The summed E-state index contributed by atoms with van der Waals surface area (Å²) in [6, 6.07) is 19.9. The molecule has 188 valence electrons. The van der Waals surface area contributed by atoms with E-state index in [2.05, 4.69) is 17.4 Å². The lowest BCUT2D eigenvalue weighted by Gasteiger charge is -2.36. The molecule has 5 heteroatoms. The Kier molecular flexibility index (Phi) is 8.61. The number of aliphatic hydroxyl groups is 1. The maximum absolute atomic E-state index is 13.7. The van der Waals surface area contributed by atoms with Crippen molar-refractivity contribution in [2.24, 2.45) is 11.3 Å². The Morgan fingerprint density at radius 1 is 0.857 bits per heavy atom. The topological polar surface area (TPSA) is 75.6 Å². The number of aryl methyl sites for hydroxylation is 1. The molecule has 2 aromatic rings. The summed E-state index contributed by atoms with van der Waals surface area (Å²) >= 11 is 0. The average Bonchev–Trinajstić information content (AvgIpc) is 3.57. The zero-order valence-electron chi connectivity index (χ0n) is 20.7. The lowest BCUT2D eigenvalue weighted by Crippen LogP contribution is -2.54. The Hall–Kier alpha value is -2.66. The molecular formula is C30H39NO4. The zero-order valence-corrected chi connectivity index (χ0v) is 20.7. The largest absolute Gasteiger partial charge is 0.461 e. The van der Waals surface area contributed by atoms with Crippen LogP contribution in [0, 0.1) is 11.3 Å². The number of carbonyl (C=O) groups is 2. The molecule has 2 saturated carbocycles. The predicted molar refractivity (Wildman–Crippen MR) is 136 cm³/mol. The molecule has 0 aliphatic heterocycles. The lowest BCUT2D eigenvalue weighted by atomic mass is 9.74. The smallest absolute Gasteiger partial charge is 0.309 e. The molecule has 0 heterocycles. The molecular weight excluding hydrogens is 438 g/mol. The number of ether oxygens (including phenoxy) is 1. The molecule has 4 rings (SSSR count). The van der Waals surface area contributed by atoms with Crippen LogP contribution in [0.2, 0.25) is 0 Å². The van der Waals surface area contributed by atoms with Gasteiger partial charge in [-0.25, -0.2) is 0 Å². The van der Waals surface area contributed by atoms with E-state index in [0.717, 1.165) is 63.4 Å². The molecule has 35 heavy (non-hydrogen) atoms. The van der Waals surface area contributed by atoms with Gasteiger partial charge in [0.05, 0.1) is 23.5 Å². The van der Waals surface area contributed by atoms with E-state index in [-0.39, 0.29) is 31.0 Å². The van der Waals surface area contributed by atoms with E-state index >= 15 is 0 Å². The van der Waals surface area contributed by atoms with Crippen molar-refractivity contribution in [1.29, 1.82) is 0 Å². The number of hydrogen-bond donors (Lipinski definition) is 2. The fourth-order valence-electron chi connectivity index (χ4n) is 5.93. The fraction of sp³-hybridized carbons (Fsp3) is 0.533. The van der Waals surface area contributed by atoms with Gasteiger partial charge in [0.25, 0.3) is 0 Å². The third-order valence-electron chi connectivity index (χ3n) is 8.10. The Morgan fingerprint density at radius 3 is 2.03 bits per heavy atom. The highest BCUT2D eigenvalue weighted by Crippen LogP contribution is 2.45. The normalized spacial score (nSPS) is 19.2. The van der Waals surface area contributed by atoms with E-state index in [1.807, 2.05) is 48.5 Å². The van der Waals surface area contributed by atoms with Gasteiger partial charge in [0, 0.05) is 0 Å². The molecule has 2 fully saturated rings. The average molecular weight is 478 g/mol. The van der Waals surface area contributed by atoms with Crippen LogP contribution in [-0.2, 0) is 27.4 Å². The monoisotopic (exact) mass is 477 g/mol. The molecule has 0 bridgehead atoms. The van der Waals surface area contributed by atoms with Crippen LogP contribution < -0.4 is 5.32 Å². The number of carbonyl (C=O) groups excluding carboxylic acids is 2. The SMILES string of the molecule is O=C(OCc1ccccc1)C(CCc1ccccc1)CC1(C(=O)NC2(CO)CCCC2)CCCC1. The Labute approximate surface area is 209 Å². The van der Waals surface area contributed by atoms with Crippen molar-refractivity contribution >= 4 is 11.9 Å². The summed E-state index contributed by atoms with van der Waals surface area (Å²) in [7, 11) is 0. The molecule has 2 aliphatic carbocycles. The van der Waals surface area contributed by atoms with Crippen LogP contribution in [0.5, 0.6) is 0 Å². The highest BCUT2D eigenvalue weighted by molar-refractivity contribution is 5.84. The number of aliphatic hydroxyl groups excluding tert-OH is 1. The first-order valence-electron chi connectivity index (χ1n) is 13.2. The number of amides is 1. The van der Waals surface area contributed by atoms with E-state index in [1.165, 1.54) is 5.56 Å². The highest BCUT2D eigenvalue weighted by atomic mass is 16.5. The van der Waals surface area contributed by atoms with Gasteiger partial charge in [0.15, 0.2) is 0 Å². The van der Waals surface area contributed by atoms with Gasteiger partial charge in [-0.3, -0.25) is 9.59 Å². The third kappa shape index (κ3) is 6.52. The zero-order chi connectivity index (χ0) is 24.6. The highest BCUT2D eigenvalue weighted by Gasteiger charge is 2.47. The van der Waals surface area contributed by atoms with Crippen molar-refractivity contribution < 1.29 is 19.4 Å². The van der Waals surface area contributed by atoms with Crippen molar-refractivity contribution in [2.45, 2.75) is 82.8 Å². The molecule has 5 nitrogen and oxygen atoms in total. The summed E-state index contributed by atoms with van der Waals surface area (Å²) in [5.74, 6) is -0.551. The first-order valence-corrected chi connectivity index (χ1v) is 13.2. The lowest BCUT2D eigenvalue weighted by molar-refractivity contribution is -0.152. The van der Waals surface area contributed by atoms with Crippen LogP contribution in [-0.4, -0.2) is 29.1 Å². The standard InChI is InChI=1S/C30H39NO4/c32-23-30(19-9-10-20-30)31-28(34)29(17-7-8-18-29)21-26(16-15-24-11-3-1-4-12-24)27(33)35-22-25-13-5-2-6-14-25/h1-6,11-14,26,32H,7-10,15-23H2,(H,31,34). The molecule has 1 unspecified atom stereocenters. The molecule has 0 radical (unpaired) electrons. The second kappa shape index (κ2) is 11.9. The van der Waals surface area contributed by atoms with Gasteiger partial charge >= 0.3 is 5.97 Å². The summed E-state index contributed by atoms with van der Waals surface area (Å²) < 4.78 is 5.78. The van der Waals surface area contributed by atoms with Gasteiger partial charge in [0.2, 0.25) is 5.91 Å². The Morgan fingerprint density at radius 2 is 1.43 bits per heavy atom. The van der Waals surface area contributed by atoms with Crippen LogP contribution in [0.3, 0.4) is 0 Å². The summed E-state index contributed by atoms with van der Waals surface area (Å²) in [6.07, 6.45) is 9.17. The van der Waals surface area contributed by atoms with Crippen LogP contribution in [0.15, 0.2) is 60.7 Å². The van der Waals surface area contributed by atoms with Crippen LogP contribution >= 0.6 is 0 Å². The summed E-state index contributed by atoms with van der Waals surface area (Å²) in [5, 5.41) is 13.3. The van der Waals surface area contributed by atoms with Gasteiger partial charge in [-0.05, 0) is 56.1 Å². The van der Waals surface area contributed by atoms with Crippen LogP contribution in [0.4, 0.5) is 0 Å². The minimum Gasteiger partial charge on any atom is -0.461 e. The number of benzene rings is 2. The predicted octanol–water partition coefficient (Wildman–Crippen LogP) is 5.35. The van der Waals surface area contributed by atoms with Crippen LogP contribution in [0.25, 0.3) is 0 Å². The molecule has 2 aliphatic rings. The fourth-order valence-corrected chi connectivity index (χ4v) is 5.93. The summed E-state index contributed by atoms with van der Waals surface area (Å²) in [6.45, 7) is 0.222. The van der Waals surface area contributed by atoms with E-state index < -0.39 is 11.0 Å². The van der Waals surface area contributed by atoms with E-state index in [4.69, 9.17) is 4.74 Å². The van der Waals surface area contributed by atoms with Crippen molar-refractivity contribution in [3.05, 3.63) is 71.8 Å². The molecule has 2 aromatic carbocycles. The molecule has 1 atom stereocenters. The number of hydrogen-bond acceptors (Lipinski definition) is 4. The third-order valence-corrected chi connectivity index (χ3v) is 8.10. The van der Waals surface area contributed by atoms with Crippen LogP contribution in [0.1, 0.15) is 75.3 Å². The first-order chi connectivity index (χ1) is 17.0. The second-order valence-corrected chi connectivity index (χ2v) is 10.6. The van der Waals surface area contributed by atoms with Gasteiger partial charge in [-0.1, -0.05) is 86.3 Å². The minimum atomic E-state index is -0.572. The summed E-state index contributed by atoms with van der Waals surface area (Å²) in [5.41, 5.74) is 1.07. The summed E-state index contributed by atoms with van der Waals surface area (Å²) in [4.78, 5) is 27.1. The Bertz CT molecular complexity index is 947. The molecule has 2 N–H and O–H groups in total. The molecule has 0 spiro atoms. The van der Waals surface area contributed by atoms with Crippen molar-refractivity contribution in [2.75, 3.05) is 6.61 Å². The quantitative estimate of drug-likeness (QED) is 0.428. The first kappa shape index (κ1) is 25.4. The van der Waals surface area contributed by atoms with E-state index in [0.29, 0.717) is 12.8 Å². The number of rotatable bonds is 11. The molecule has 1 amide bonds. The van der Waals surface area contributed by atoms with Gasteiger partial charge in [0.1, 0.15) is 6.61 Å². The number of nitrogens with one attached hydrogen (secondary N) is 1. The molecule has 0 aromatic heterocycles. The second-order valence-electron chi connectivity index (χ2n) is 10.6. The van der Waals surface area contributed by atoms with Crippen molar-refractivity contribution in [3.63, 3.8) is 0 Å².